The third kappa shape index (κ3) is 75.8. The highest BCUT2D eigenvalue weighted by Crippen LogP contribution is 2.45. The molecule has 0 bridgehead atoms. The number of hydrogen-bond donors (Lipinski definition) is 3. The van der Waals surface area contributed by atoms with Crippen LogP contribution in [-0.2, 0) is 65.4 Å². The van der Waals surface area contributed by atoms with E-state index in [1.54, 1.807) is 0 Å². The van der Waals surface area contributed by atoms with Crippen LogP contribution in [-0.4, -0.2) is 96.7 Å². The van der Waals surface area contributed by atoms with Gasteiger partial charge in [-0.25, -0.2) is 9.13 Å². The summed E-state index contributed by atoms with van der Waals surface area (Å²) in [5.41, 5.74) is 0. The van der Waals surface area contributed by atoms with Crippen molar-refractivity contribution in [3.8, 4) is 0 Å². The van der Waals surface area contributed by atoms with Crippen LogP contribution >= 0.6 is 15.6 Å². The molecule has 19 heteroatoms. The first-order chi connectivity index (χ1) is 49.5. The molecule has 0 aromatic heterocycles. The Labute approximate surface area is 624 Å². The van der Waals surface area contributed by atoms with E-state index in [2.05, 4.69) is 58.9 Å². The molecular formula is C83H158O17P2. The molecule has 0 aromatic carbocycles. The lowest BCUT2D eigenvalue weighted by Gasteiger charge is -2.21. The average Bonchev–Trinajstić information content (AvgIpc) is 0.977. The van der Waals surface area contributed by atoms with Crippen molar-refractivity contribution >= 4 is 39.5 Å². The number of aliphatic hydroxyl groups is 1. The lowest BCUT2D eigenvalue weighted by Crippen LogP contribution is -2.30. The van der Waals surface area contributed by atoms with Crippen LogP contribution in [0.2, 0.25) is 0 Å². The molecule has 17 nitrogen and oxygen atoms in total. The maximum Gasteiger partial charge on any atom is 0.472 e. The minimum atomic E-state index is -4.97. The molecule has 102 heavy (non-hydrogen) atoms. The summed E-state index contributed by atoms with van der Waals surface area (Å²) >= 11 is 0. The van der Waals surface area contributed by atoms with E-state index in [9.17, 15) is 43.2 Å². The van der Waals surface area contributed by atoms with Crippen molar-refractivity contribution in [3.63, 3.8) is 0 Å². The molecule has 0 aliphatic carbocycles. The van der Waals surface area contributed by atoms with Gasteiger partial charge in [-0.05, 0) is 57.3 Å². The van der Waals surface area contributed by atoms with Crippen molar-refractivity contribution in [1.82, 2.24) is 0 Å². The molecule has 0 aliphatic rings. The van der Waals surface area contributed by atoms with Gasteiger partial charge in [0, 0.05) is 25.7 Å². The Kier molecular flexibility index (Phi) is 73.5. The van der Waals surface area contributed by atoms with Crippen LogP contribution in [0.25, 0.3) is 0 Å². The Morgan fingerprint density at radius 3 is 0.804 bits per heavy atom. The van der Waals surface area contributed by atoms with E-state index >= 15 is 0 Å². The van der Waals surface area contributed by atoms with Crippen LogP contribution in [0.15, 0.2) is 24.3 Å². The van der Waals surface area contributed by atoms with Gasteiger partial charge in [0.25, 0.3) is 0 Å². The van der Waals surface area contributed by atoms with Gasteiger partial charge in [0.1, 0.15) is 19.3 Å². The highest BCUT2D eigenvalue weighted by molar-refractivity contribution is 7.47. The maximum absolute atomic E-state index is 13.1. The van der Waals surface area contributed by atoms with Gasteiger partial charge in [-0.15, -0.1) is 0 Å². The molecule has 0 amide bonds. The Bertz CT molecular complexity index is 2040. The molecule has 2 unspecified atom stereocenters. The first-order valence-corrected chi connectivity index (χ1v) is 45.4. The Balaban J connectivity index is 5.29. The Hall–Kier alpha value is -2.46. The van der Waals surface area contributed by atoms with E-state index in [1.165, 1.54) is 231 Å². The summed E-state index contributed by atoms with van der Waals surface area (Å²) in [5, 5.41) is 10.7. The molecular weight excluding hydrogens is 1330 g/mol. The summed E-state index contributed by atoms with van der Waals surface area (Å²) in [7, 11) is -9.94. The Morgan fingerprint density at radius 1 is 0.304 bits per heavy atom. The second-order valence-corrected chi connectivity index (χ2v) is 32.6. The molecule has 0 saturated heterocycles. The normalized spacial score (nSPS) is 14.0. The molecule has 0 heterocycles. The lowest BCUT2D eigenvalue weighted by molar-refractivity contribution is -0.161. The van der Waals surface area contributed by atoms with Crippen LogP contribution in [0.4, 0.5) is 0 Å². The zero-order valence-electron chi connectivity index (χ0n) is 66.2. The van der Waals surface area contributed by atoms with Gasteiger partial charge in [-0.1, -0.05) is 367 Å². The summed E-state index contributed by atoms with van der Waals surface area (Å²) in [4.78, 5) is 73.1. The van der Waals surface area contributed by atoms with Crippen LogP contribution in [0.1, 0.15) is 420 Å². The molecule has 0 radical (unpaired) electrons. The number of unbranched alkanes of at least 4 members (excludes halogenated alkanes) is 50. The van der Waals surface area contributed by atoms with Gasteiger partial charge < -0.3 is 33.8 Å². The molecule has 0 aliphatic heterocycles. The van der Waals surface area contributed by atoms with E-state index in [4.69, 9.17) is 37.0 Å². The van der Waals surface area contributed by atoms with Crippen LogP contribution in [0.3, 0.4) is 0 Å². The zero-order chi connectivity index (χ0) is 74.8. The summed E-state index contributed by atoms with van der Waals surface area (Å²) in [6, 6.07) is 0. The Morgan fingerprint density at radius 2 is 0.529 bits per heavy atom. The molecule has 0 spiro atoms. The number of ether oxygens (including phenoxy) is 4. The molecule has 0 saturated carbocycles. The summed E-state index contributed by atoms with van der Waals surface area (Å²) < 4.78 is 68.8. The van der Waals surface area contributed by atoms with Crippen molar-refractivity contribution in [3.05, 3.63) is 24.3 Å². The predicted octanol–water partition coefficient (Wildman–Crippen LogP) is 24.8. The number of allylic oxidation sites excluding steroid dienone is 4. The quantitative estimate of drug-likeness (QED) is 0.0169. The summed E-state index contributed by atoms with van der Waals surface area (Å²) in [5.74, 6) is -1.39. The third-order valence-electron chi connectivity index (χ3n) is 18.9. The van der Waals surface area contributed by atoms with Crippen LogP contribution < -0.4 is 0 Å². The number of carbonyl (C=O) groups excluding carboxylic acids is 4. The molecule has 3 N–H and O–H groups in total. The molecule has 0 aromatic rings. The van der Waals surface area contributed by atoms with E-state index in [0.717, 1.165) is 109 Å². The lowest BCUT2D eigenvalue weighted by atomic mass is 10.0. The number of hydrogen-bond acceptors (Lipinski definition) is 15. The molecule has 0 fully saturated rings. The monoisotopic (exact) mass is 1490 g/mol. The van der Waals surface area contributed by atoms with Crippen molar-refractivity contribution in [2.45, 2.75) is 438 Å². The zero-order valence-corrected chi connectivity index (χ0v) is 68.0. The number of esters is 4. The average molecular weight is 1490 g/mol. The van der Waals surface area contributed by atoms with E-state index in [0.29, 0.717) is 25.7 Å². The maximum atomic E-state index is 13.1. The fourth-order valence-electron chi connectivity index (χ4n) is 12.4. The molecule has 0 rings (SSSR count). The van der Waals surface area contributed by atoms with E-state index < -0.39 is 97.5 Å². The molecule has 5 atom stereocenters. The van der Waals surface area contributed by atoms with Crippen molar-refractivity contribution in [2.75, 3.05) is 39.6 Å². The van der Waals surface area contributed by atoms with Crippen molar-refractivity contribution in [2.24, 2.45) is 5.92 Å². The number of aliphatic hydroxyl groups excluding tert-OH is 1. The summed E-state index contributed by atoms with van der Waals surface area (Å²) in [6.45, 7) is 7.26. The largest absolute Gasteiger partial charge is 0.472 e. The first-order valence-electron chi connectivity index (χ1n) is 42.5. The standard InChI is InChI=1S/C83H158O17P2/c1-6-9-12-15-18-21-24-27-30-32-34-37-40-43-48-54-59-64-69-83(88)99-78(72-93-80(85)66-61-56-51-46-41-38-36-33-31-28-25-22-19-16-13-10-7-2)74-97-101(89,90)95-70-77(84)71-96-102(91,92)98-75-79(73-94-81(86)67-62-57-52-49-44-45-50-55-60-65-76(4)5)100-82(87)68-63-58-53-47-42-39-35-29-26-23-20-17-14-11-8-3/h23,26,29,35,76-79,84H,6-22,24-25,27-28,30-34,36-75H2,1-5H3,(H,89,90)(H,91,92)/b26-23-,35-29-/t77-,78-,79-/m1/s1. The van der Waals surface area contributed by atoms with Gasteiger partial charge in [0.2, 0.25) is 0 Å². The number of carbonyl (C=O) groups is 4. The number of phosphoric acid groups is 2. The fraction of sp³-hybridized carbons (Fsp3) is 0.904. The highest BCUT2D eigenvalue weighted by Gasteiger charge is 2.30. The van der Waals surface area contributed by atoms with Gasteiger partial charge >= 0.3 is 39.5 Å². The minimum Gasteiger partial charge on any atom is -0.462 e. The van der Waals surface area contributed by atoms with Crippen LogP contribution in [0.5, 0.6) is 0 Å². The topological polar surface area (TPSA) is 237 Å². The fourth-order valence-corrected chi connectivity index (χ4v) is 14.0. The highest BCUT2D eigenvalue weighted by atomic mass is 31.2. The number of phosphoric ester groups is 2. The summed E-state index contributed by atoms with van der Waals surface area (Å²) in [6.07, 6.45) is 70.2. The second-order valence-electron chi connectivity index (χ2n) is 29.7. The number of rotatable bonds is 81. The van der Waals surface area contributed by atoms with Crippen LogP contribution in [0, 0.1) is 5.92 Å². The second kappa shape index (κ2) is 75.4. The van der Waals surface area contributed by atoms with E-state index in [-0.39, 0.29) is 25.7 Å². The minimum absolute atomic E-state index is 0.0851. The smallest absolute Gasteiger partial charge is 0.462 e. The predicted molar refractivity (Wildman–Crippen MR) is 418 cm³/mol. The first kappa shape index (κ1) is 99.5. The SMILES string of the molecule is CCCCCC/C=C\C=C/CCCCCCCC(=O)O[C@H](COC(=O)CCCCCCCCCCCC(C)C)COP(=O)(O)OC[C@H](O)COP(=O)(O)OC[C@@H](COC(=O)CCCCCCCCCCCCCCCCCCC)OC(=O)CCCCCCCCCCCCCCCCCCCC. The van der Waals surface area contributed by atoms with Crippen molar-refractivity contribution in [1.29, 1.82) is 0 Å². The van der Waals surface area contributed by atoms with E-state index in [1.807, 2.05) is 0 Å². The molecule has 602 valence electrons. The van der Waals surface area contributed by atoms with Gasteiger partial charge in [-0.3, -0.25) is 37.3 Å². The van der Waals surface area contributed by atoms with Gasteiger partial charge in [-0.2, -0.15) is 0 Å². The van der Waals surface area contributed by atoms with Gasteiger partial charge in [0.05, 0.1) is 26.4 Å². The third-order valence-corrected chi connectivity index (χ3v) is 20.8. The van der Waals surface area contributed by atoms with Crippen molar-refractivity contribution < 1.29 is 80.2 Å². The van der Waals surface area contributed by atoms with Gasteiger partial charge in [0.15, 0.2) is 12.2 Å².